The van der Waals surface area contributed by atoms with Crippen molar-refractivity contribution >= 4 is 51.3 Å². The maximum absolute atomic E-state index is 13.0. The van der Waals surface area contributed by atoms with Gasteiger partial charge in [-0.25, -0.2) is 0 Å². The van der Waals surface area contributed by atoms with E-state index >= 15 is 0 Å². The Bertz CT molecular complexity index is 958. The molecule has 0 atom stereocenters. The first-order valence-corrected chi connectivity index (χ1v) is 9.48. The average Bonchev–Trinajstić information content (AvgIpc) is 2.91. The summed E-state index contributed by atoms with van der Waals surface area (Å²) >= 11 is 6.76. The standard InChI is InChI=1S/C21H19NO2S2/c1-12-5-6-17(11-13(12)2)14(3)19-20(24)22(21(25)26-19)18-9-7-16(8-10-18)15(4)23/h5-11H,1-4H3/b19-14-. The van der Waals surface area contributed by atoms with Gasteiger partial charge in [0.05, 0.1) is 10.6 Å². The lowest BCUT2D eigenvalue weighted by Gasteiger charge is -2.15. The lowest BCUT2D eigenvalue weighted by molar-refractivity contribution is -0.113. The zero-order chi connectivity index (χ0) is 19.0. The fourth-order valence-electron chi connectivity index (χ4n) is 2.77. The molecule has 26 heavy (non-hydrogen) atoms. The first-order chi connectivity index (χ1) is 12.3. The predicted molar refractivity (Wildman–Crippen MR) is 113 cm³/mol. The minimum Gasteiger partial charge on any atom is -0.295 e. The van der Waals surface area contributed by atoms with E-state index in [-0.39, 0.29) is 11.7 Å². The number of allylic oxidation sites excluding steroid dienone is 1. The average molecular weight is 382 g/mol. The van der Waals surface area contributed by atoms with Crippen molar-refractivity contribution in [3.63, 3.8) is 0 Å². The fourth-order valence-corrected chi connectivity index (χ4v) is 4.11. The molecule has 2 aromatic carbocycles. The third-order valence-corrected chi connectivity index (χ3v) is 6.06. The minimum absolute atomic E-state index is 0.00702. The third kappa shape index (κ3) is 3.37. The van der Waals surface area contributed by atoms with Crippen LogP contribution in [0.25, 0.3) is 5.57 Å². The molecule has 0 N–H and O–H groups in total. The van der Waals surface area contributed by atoms with Crippen LogP contribution in [0.4, 0.5) is 5.69 Å². The van der Waals surface area contributed by atoms with E-state index in [2.05, 4.69) is 26.0 Å². The zero-order valence-electron chi connectivity index (χ0n) is 15.1. The van der Waals surface area contributed by atoms with Crippen LogP contribution in [0.1, 0.15) is 40.9 Å². The highest BCUT2D eigenvalue weighted by Gasteiger charge is 2.34. The summed E-state index contributed by atoms with van der Waals surface area (Å²) in [6, 6.07) is 13.2. The van der Waals surface area contributed by atoms with E-state index in [4.69, 9.17) is 12.2 Å². The van der Waals surface area contributed by atoms with Crippen LogP contribution in [0.5, 0.6) is 0 Å². The van der Waals surface area contributed by atoms with Gasteiger partial charge in [-0.2, -0.15) is 0 Å². The van der Waals surface area contributed by atoms with Crippen LogP contribution in [0.2, 0.25) is 0 Å². The molecule has 1 fully saturated rings. The van der Waals surface area contributed by atoms with Gasteiger partial charge in [-0.3, -0.25) is 14.5 Å². The monoisotopic (exact) mass is 381 g/mol. The molecule has 2 aromatic rings. The summed E-state index contributed by atoms with van der Waals surface area (Å²) < 4.78 is 0.503. The summed E-state index contributed by atoms with van der Waals surface area (Å²) in [6.45, 7) is 7.60. The molecule has 1 aliphatic heterocycles. The highest BCUT2D eigenvalue weighted by atomic mass is 32.2. The van der Waals surface area contributed by atoms with Gasteiger partial charge >= 0.3 is 0 Å². The summed E-state index contributed by atoms with van der Waals surface area (Å²) in [5, 5.41) is 0. The number of aryl methyl sites for hydroxylation is 2. The molecule has 0 aliphatic carbocycles. The van der Waals surface area contributed by atoms with Gasteiger partial charge in [0.25, 0.3) is 5.91 Å². The van der Waals surface area contributed by atoms with Gasteiger partial charge in [0, 0.05) is 5.56 Å². The van der Waals surface area contributed by atoms with E-state index in [1.165, 1.54) is 34.7 Å². The van der Waals surface area contributed by atoms with Crippen LogP contribution in [-0.4, -0.2) is 16.0 Å². The molecule has 0 radical (unpaired) electrons. The highest BCUT2D eigenvalue weighted by molar-refractivity contribution is 8.27. The van der Waals surface area contributed by atoms with Crippen LogP contribution in [0.3, 0.4) is 0 Å². The van der Waals surface area contributed by atoms with E-state index in [1.807, 2.05) is 13.0 Å². The van der Waals surface area contributed by atoms with Crippen molar-refractivity contribution < 1.29 is 9.59 Å². The number of rotatable bonds is 3. The number of carbonyl (C=O) groups is 2. The van der Waals surface area contributed by atoms with Crippen LogP contribution < -0.4 is 4.90 Å². The van der Waals surface area contributed by atoms with Gasteiger partial charge in [0.15, 0.2) is 10.1 Å². The molecule has 1 heterocycles. The smallest absolute Gasteiger partial charge is 0.271 e. The number of benzene rings is 2. The molecular formula is C21H19NO2S2. The number of hydrogen-bond acceptors (Lipinski definition) is 4. The third-order valence-electron chi connectivity index (χ3n) is 4.58. The van der Waals surface area contributed by atoms with Gasteiger partial charge < -0.3 is 0 Å². The van der Waals surface area contributed by atoms with E-state index in [0.29, 0.717) is 20.5 Å². The lowest BCUT2D eigenvalue weighted by atomic mass is 10.0. The number of carbonyl (C=O) groups excluding carboxylic acids is 2. The van der Waals surface area contributed by atoms with Gasteiger partial charge in [0.2, 0.25) is 0 Å². The van der Waals surface area contributed by atoms with Gasteiger partial charge in [-0.15, -0.1) is 0 Å². The molecule has 1 aliphatic rings. The Balaban J connectivity index is 1.97. The SMILES string of the molecule is CC(=O)c1ccc(N2C(=O)/C(=C(\C)c3ccc(C)c(C)c3)SC2=S)cc1. The summed E-state index contributed by atoms with van der Waals surface area (Å²) in [7, 11) is 0. The quantitative estimate of drug-likeness (QED) is 0.411. The van der Waals surface area contributed by atoms with Crippen molar-refractivity contribution in [1.82, 2.24) is 0 Å². The van der Waals surface area contributed by atoms with Gasteiger partial charge in [0.1, 0.15) is 0 Å². The summed E-state index contributed by atoms with van der Waals surface area (Å²) in [5.41, 5.74) is 5.66. The number of thioether (sulfide) groups is 1. The molecule has 5 heteroatoms. The number of ketones is 1. The molecule has 0 spiro atoms. The van der Waals surface area contributed by atoms with Gasteiger partial charge in [-0.05, 0) is 74.2 Å². The van der Waals surface area contributed by atoms with Crippen molar-refractivity contribution in [3.05, 3.63) is 69.6 Å². The number of Topliss-reactive ketones (excluding diaryl/α,β-unsaturated/α-hetero) is 1. The molecule has 1 saturated heterocycles. The fraction of sp³-hybridized carbons (Fsp3) is 0.190. The van der Waals surface area contributed by atoms with Crippen molar-refractivity contribution in [1.29, 1.82) is 0 Å². The number of amides is 1. The van der Waals surface area contributed by atoms with Crippen LogP contribution >= 0.6 is 24.0 Å². The Labute approximate surface area is 163 Å². The van der Waals surface area contributed by atoms with E-state index in [1.54, 1.807) is 24.3 Å². The Morgan fingerprint density at radius 3 is 2.15 bits per heavy atom. The summed E-state index contributed by atoms with van der Waals surface area (Å²) in [5.74, 6) is -0.126. The Kier molecular flexibility index (Phi) is 5.12. The summed E-state index contributed by atoms with van der Waals surface area (Å²) in [4.78, 5) is 26.6. The molecule has 3 nitrogen and oxygen atoms in total. The van der Waals surface area contributed by atoms with Crippen LogP contribution in [-0.2, 0) is 4.79 Å². The van der Waals surface area contributed by atoms with Crippen molar-refractivity contribution in [2.45, 2.75) is 27.7 Å². The van der Waals surface area contributed by atoms with E-state index in [9.17, 15) is 9.59 Å². The number of nitrogens with zero attached hydrogens (tertiary/aromatic N) is 1. The zero-order valence-corrected chi connectivity index (χ0v) is 16.8. The van der Waals surface area contributed by atoms with Crippen LogP contribution in [0, 0.1) is 13.8 Å². The largest absolute Gasteiger partial charge is 0.295 e. The predicted octanol–water partition coefficient (Wildman–Crippen LogP) is 5.30. The lowest BCUT2D eigenvalue weighted by Crippen LogP contribution is -2.27. The Hall–Kier alpha value is -2.24. The van der Waals surface area contributed by atoms with E-state index < -0.39 is 0 Å². The highest BCUT2D eigenvalue weighted by Crippen LogP contribution is 2.39. The van der Waals surface area contributed by atoms with Crippen molar-refractivity contribution in [2.75, 3.05) is 4.90 Å². The Morgan fingerprint density at radius 2 is 1.58 bits per heavy atom. The Morgan fingerprint density at radius 1 is 0.962 bits per heavy atom. The topological polar surface area (TPSA) is 37.4 Å². The first kappa shape index (κ1) is 18.5. The van der Waals surface area contributed by atoms with Crippen molar-refractivity contribution in [2.24, 2.45) is 0 Å². The molecule has 0 bridgehead atoms. The summed E-state index contributed by atoms with van der Waals surface area (Å²) in [6.07, 6.45) is 0. The minimum atomic E-state index is -0.119. The second-order valence-corrected chi connectivity index (χ2v) is 8.01. The van der Waals surface area contributed by atoms with E-state index in [0.717, 1.165) is 11.1 Å². The maximum atomic E-state index is 13.0. The molecule has 0 unspecified atom stereocenters. The van der Waals surface area contributed by atoms with Crippen molar-refractivity contribution in [3.8, 4) is 0 Å². The molecule has 132 valence electrons. The van der Waals surface area contributed by atoms with Gasteiger partial charge in [-0.1, -0.05) is 42.2 Å². The maximum Gasteiger partial charge on any atom is 0.271 e. The number of anilines is 1. The van der Waals surface area contributed by atoms with Crippen LogP contribution in [0.15, 0.2) is 47.4 Å². The molecule has 0 saturated carbocycles. The molecule has 0 aromatic heterocycles. The normalized spacial score (nSPS) is 16.2. The number of hydrogen-bond donors (Lipinski definition) is 0. The first-order valence-electron chi connectivity index (χ1n) is 8.25. The molecular weight excluding hydrogens is 362 g/mol. The second kappa shape index (κ2) is 7.17. The number of thiocarbonyl (C=S) groups is 1. The molecule has 3 rings (SSSR count). The molecule has 1 amide bonds. The second-order valence-electron chi connectivity index (χ2n) is 6.36.